The van der Waals surface area contributed by atoms with Gasteiger partial charge in [0.2, 0.25) is 5.91 Å². The molecule has 1 aromatic heterocycles. The highest BCUT2D eigenvalue weighted by Crippen LogP contribution is 2.38. The largest absolute Gasteiger partial charge is 0.424 e. The second kappa shape index (κ2) is 9.67. The number of carbonyl (C=O) groups is 1. The molecule has 0 aliphatic heterocycles. The molecule has 0 saturated heterocycles. The normalized spacial score (nSPS) is 15.5. The van der Waals surface area contributed by atoms with Crippen LogP contribution in [0.4, 0.5) is 5.69 Å². The summed E-state index contributed by atoms with van der Waals surface area (Å²) in [5, 5.41) is 2.97. The van der Waals surface area contributed by atoms with Gasteiger partial charge in [-0.2, -0.15) is 0 Å². The SMILES string of the molecule is Cc1ccnc(Oc2ccc(NC(=O)CC3(CN)CCCCC3)cc2)n1.Cl. The van der Waals surface area contributed by atoms with Crippen LogP contribution in [-0.2, 0) is 4.79 Å². The molecule has 0 unspecified atom stereocenters. The average Bonchev–Trinajstić information content (AvgIpc) is 2.64. The minimum Gasteiger partial charge on any atom is -0.424 e. The number of hydrogen-bond acceptors (Lipinski definition) is 5. The van der Waals surface area contributed by atoms with Crippen LogP contribution in [0, 0.1) is 12.3 Å². The molecular weight excluding hydrogens is 364 g/mol. The van der Waals surface area contributed by atoms with E-state index in [2.05, 4.69) is 15.3 Å². The summed E-state index contributed by atoms with van der Waals surface area (Å²) in [4.78, 5) is 20.7. The number of halogens is 1. The van der Waals surface area contributed by atoms with Gasteiger partial charge < -0.3 is 15.8 Å². The molecule has 1 fully saturated rings. The van der Waals surface area contributed by atoms with Crippen LogP contribution in [0.1, 0.15) is 44.2 Å². The fourth-order valence-electron chi connectivity index (χ4n) is 3.49. The van der Waals surface area contributed by atoms with E-state index >= 15 is 0 Å². The van der Waals surface area contributed by atoms with Crippen molar-refractivity contribution in [2.45, 2.75) is 45.4 Å². The van der Waals surface area contributed by atoms with E-state index in [1.165, 1.54) is 6.42 Å². The van der Waals surface area contributed by atoms with E-state index in [0.717, 1.165) is 37.1 Å². The first kappa shape index (κ1) is 21.1. The molecule has 1 heterocycles. The number of amides is 1. The molecular formula is C20H27ClN4O2. The highest BCUT2D eigenvalue weighted by atomic mass is 35.5. The molecule has 0 bridgehead atoms. The second-order valence-corrected chi connectivity index (χ2v) is 7.10. The number of ether oxygens (including phenoxy) is 1. The number of carbonyl (C=O) groups excluding carboxylic acids is 1. The van der Waals surface area contributed by atoms with Crippen molar-refractivity contribution in [3.05, 3.63) is 42.2 Å². The number of nitrogens with one attached hydrogen (secondary N) is 1. The van der Waals surface area contributed by atoms with Crippen LogP contribution in [0.15, 0.2) is 36.5 Å². The van der Waals surface area contributed by atoms with Gasteiger partial charge in [0.1, 0.15) is 5.75 Å². The quantitative estimate of drug-likeness (QED) is 0.769. The first-order chi connectivity index (χ1) is 12.6. The minimum atomic E-state index is -0.0338. The number of benzene rings is 1. The predicted octanol–water partition coefficient (Wildman–Crippen LogP) is 4.24. The van der Waals surface area contributed by atoms with Gasteiger partial charge in [0, 0.05) is 24.0 Å². The number of nitrogens with zero attached hydrogens (tertiary/aromatic N) is 2. The lowest BCUT2D eigenvalue weighted by Crippen LogP contribution is -2.36. The van der Waals surface area contributed by atoms with Crippen LogP contribution >= 0.6 is 12.4 Å². The average molecular weight is 391 g/mol. The molecule has 7 heteroatoms. The maximum absolute atomic E-state index is 12.4. The van der Waals surface area contributed by atoms with Crippen molar-refractivity contribution in [2.24, 2.45) is 11.1 Å². The van der Waals surface area contributed by atoms with Crippen LogP contribution in [0.2, 0.25) is 0 Å². The Bertz CT molecular complexity index is 746. The topological polar surface area (TPSA) is 90.1 Å². The molecule has 146 valence electrons. The smallest absolute Gasteiger partial charge is 0.322 e. The Hall–Kier alpha value is -2.18. The maximum atomic E-state index is 12.4. The lowest BCUT2D eigenvalue weighted by atomic mass is 9.71. The zero-order valence-corrected chi connectivity index (χ0v) is 16.4. The number of aryl methyl sites for hydroxylation is 1. The van der Waals surface area contributed by atoms with Crippen molar-refractivity contribution in [3.8, 4) is 11.8 Å². The molecule has 2 aromatic rings. The molecule has 27 heavy (non-hydrogen) atoms. The van der Waals surface area contributed by atoms with E-state index in [1.807, 2.05) is 25.1 Å². The third kappa shape index (κ3) is 5.91. The lowest BCUT2D eigenvalue weighted by molar-refractivity contribution is -0.118. The van der Waals surface area contributed by atoms with Crippen molar-refractivity contribution in [2.75, 3.05) is 11.9 Å². The van der Waals surface area contributed by atoms with Crippen LogP contribution in [-0.4, -0.2) is 22.4 Å². The van der Waals surface area contributed by atoms with Gasteiger partial charge in [-0.25, -0.2) is 9.97 Å². The first-order valence-corrected chi connectivity index (χ1v) is 9.16. The molecule has 0 atom stereocenters. The van der Waals surface area contributed by atoms with Crippen molar-refractivity contribution < 1.29 is 9.53 Å². The zero-order valence-electron chi connectivity index (χ0n) is 15.6. The number of aromatic nitrogens is 2. The Kier molecular flexibility index (Phi) is 7.56. The maximum Gasteiger partial charge on any atom is 0.322 e. The Balaban J connectivity index is 0.00000261. The van der Waals surface area contributed by atoms with Gasteiger partial charge in [-0.15, -0.1) is 12.4 Å². The summed E-state index contributed by atoms with van der Waals surface area (Å²) in [7, 11) is 0. The molecule has 1 aliphatic rings. The van der Waals surface area contributed by atoms with Gasteiger partial charge >= 0.3 is 6.01 Å². The van der Waals surface area contributed by atoms with E-state index in [9.17, 15) is 4.79 Å². The van der Waals surface area contributed by atoms with Crippen LogP contribution < -0.4 is 15.8 Å². The van der Waals surface area contributed by atoms with E-state index in [4.69, 9.17) is 10.5 Å². The van der Waals surface area contributed by atoms with Crippen LogP contribution in [0.5, 0.6) is 11.8 Å². The summed E-state index contributed by atoms with van der Waals surface area (Å²) in [6.07, 6.45) is 7.80. The molecule has 0 spiro atoms. The van der Waals surface area contributed by atoms with Gasteiger partial charge in [-0.05, 0) is 62.1 Å². The number of hydrogen-bond donors (Lipinski definition) is 2. The van der Waals surface area contributed by atoms with E-state index < -0.39 is 0 Å². The first-order valence-electron chi connectivity index (χ1n) is 9.16. The number of anilines is 1. The molecule has 3 N–H and O–H groups in total. The summed E-state index contributed by atoms with van der Waals surface area (Å²) >= 11 is 0. The highest BCUT2D eigenvalue weighted by molar-refractivity contribution is 5.91. The van der Waals surface area contributed by atoms with Gasteiger partial charge in [0.25, 0.3) is 0 Å². The third-order valence-corrected chi connectivity index (χ3v) is 5.00. The van der Waals surface area contributed by atoms with E-state index in [-0.39, 0.29) is 23.7 Å². The second-order valence-electron chi connectivity index (χ2n) is 7.10. The minimum absolute atomic E-state index is 0. The molecule has 6 nitrogen and oxygen atoms in total. The van der Waals surface area contributed by atoms with Gasteiger partial charge in [0.05, 0.1) is 0 Å². The van der Waals surface area contributed by atoms with E-state index in [1.54, 1.807) is 18.3 Å². The lowest BCUT2D eigenvalue weighted by Gasteiger charge is -2.35. The number of nitrogens with two attached hydrogens (primary N) is 1. The van der Waals surface area contributed by atoms with E-state index in [0.29, 0.717) is 24.7 Å². The standard InChI is InChI=1S/C20H26N4O2.ClH/c1-15-9-12-22-19(23-15)26-17-7-5-16(6-8-17)24-18(25)13-20(14-21)10-3-2-4-11-20;/h5-9,12H,2-4,10-11,13-14,21H2,1H3,(H,24,25);1H. The summed E-state index contributed by atoms with van der Waals surface area (Å²) < 4.78 is 5.62. The summed E-state index contributed by atoms with van der Waals surface area (Å²) in [5.41, 5.74) is 7.53. The van der Waals surface area contributed by atoms with Crippen LogP contribution in [0.25, 0.3) is 0 Å². The summed E-state index contributed by atoms with van der Waals surface area (Å²) in [6, 6.07) is 9.34. The Labute approximate surface area is 166 Å². The van der Waals surface area contributed by atoms with Gasteiger partial charge in [-0.1, -0.05) is 19.3 Å². The number of rotatable bonds is 6. The summed E-state index contributed by atoms with van der Waals surface area (Å²) in [5.74, 6) is 0.646. The molecule has 1 aliphatic carbocycles. The molecule has 0 radical (unpaired) electrons. The third-order valence-electron chi connectivity index (χ3n) is 5.00. The van der Waals surface area contributed by atoms with Crippen LogP contribution in [0.3, 0.4) is 0 Å². The molecule has 1 saturated carbocycles. The molecule has 1 amide bonds. The van der Waals surface area contributed by atoms with Gasteiger partial charge in [0.15, 0.2) is 0 Å². The van der Waals surface area contributed by atoms with Crippen molar-refractivity contribution in [1.82, 2.24) is 9.97 Å². The van der Waals surface area contributed by atoms with Gasteiger partial charge in [-0.3, -0.25) is 4.79 Å². The predicted molar refractivity (Wildman–Crippen MR) is 108 cm³/mol. The fraction of sp³-hybridized carbons (Fsp3) is 0.450. The zero-order chi connectivity index (χ0) is 18.4. The van der Waals surface area contributed by atoms with Crippen molar-refractivity contribution >= 4 is 24.0 Å². The molecule has 1 aromatic carbocycles. The highest BCUT2D eigenvalue weighted by Gasteiger charge is 2.32. The van der Waals surface area contributed by atoms with Crippen molar-refractivity contribution in [3.63, 3.8) is 0 Å². The summed E-state index contributed by atoms with van der Waals surface area (Å²) in [6.45, 7) is 2.46. The Morgan fingerprint density at radius 2 is 1.89 bits per heavy atom. The fourth-order valence-corrected chi connectivity index (χ4v) is 3.49. The monoisotopic (exact) mass is 390 g/mol. The van der Waals surface area contributed by atoms with Crippen molar-refractivity contribution in [1.29, 1.82) is 0 Å². The molecule has 3 rings (SSSR count). The Morgan fingerprint density at radius 1 is 1.19 bits per heavy atom. The Morgan fingerprint density at radius 3 is 2.52 bits per heavy atom.